The quantitative estimate of drug-likeness (QED) is 0.363. The van der Waals surface area contributed by atoms with Crippen LogP contribution in [0.25, 0.3) is 10.2 Å². The second kappa shape index (κ2) is 9.58. The van der Waals surface area contributed by atoms with Gasteiger partial charge in [0, 0.05) is 21.4 Å². The van der Waals surface area contributed by atoms with Gasteiger partial charge < -0.3 is 10.6 Å². The Bertz CT molecular complexity index is 1490. The van der Waals surface area contributed by atoms with Gasteiger partial charge >= 0.3 is 0 Å². The molecular formula is C24H20Cl2N4O3S. The van der Waals surface area contributed by atoms with Crippen molar-refractivity contribution in [1.29, 1.82) is 0 Å². The lowest BCUT2D eigenvalue weighted by atomic mass is 10.1. The molecule has 0 radical (unpaired) electrons. The number of amides is 2. The molecule has 0 fully saturated rings. The number of fused-ring (bicyclic) bond motifs is 1. The Balaban J connectivity index is 1.58. The summed E-state index contributed by atoms with van der Waals surface area (Å²) in [6.07, 6.45) is 1.30. The van der Waals surface area contributed by atoms with Gasteiger partial charge in [-0.05, 0) is 56.2 Å². The molecule has 2 amide bonds. The molecule has 0 aliphatic rings. The van der Waals surface area contributed by atoms with Crippen molar-refractivity contribution < 1.29 is 9.59 Å². The Morgan fingerprint density at radius 1 is 1.03 bits per heavy atom. The van der Waals surface area contributed by atoms with Crippen LogP contribution in [-0.2, 0) is 11.3 Å². The number of aryl methyl sites for hydroxylation is 3. The van der Waals surface area contributed by atoms with Crippen molar-refractivity contribution in [2.24, 2.45) is 0 Å². The van der Waals surface area contributed by atoms with Crippen molar-refractivity contribution >= 4 is 67.9 Å². The van der Waals surface area contributed by atoms with Crippen LogP contribution in [0.3, 0.4) is 0 Å². The third-order valence-electron chi connectivity index (χ3n) is 5.21. The summed E-state index contributed by atoms with van der Waals surface area (Å²) >= 11 is 13.1. The Labute approximate surface area is 209 Å². The van der Waals surface area contributed by atoms with Gasteiger partial charge in [0.15, 0.2) is 0 Å². The Hall–Kier alpha value is -3.20. The van der Waals surface area contributed by atoms with Gasteiger partial charge in [0.25, 0.3) is 11.5 Å². The number of thiophene rings is 1. The highest BCUT2D eigenvalue weighted by Gasteiger charge is 2.20. The third kappa shape index (κ3) is 4.99. The Morgan fingerprint density at radius 3 is 2.41 bits per heavy atom. The summed E-state index contributed by atoms with van der Waals surface area (Å²) in [4.78, 5) is 43.7. The van der Waals surface area contributed by atoms with E-state index in [2.05, 4.69) is 15.6 Å². The molecule has 0 unspecified atom stereocenters. The van der Waals surface area contributed by atoms with Crippen LogP contribution in [0.1, 0.15) is 26.4 Å². The molecule has 0 atom stereocenters. The highest BCUT2D eigenvalue weighted by molar-refractivity contribution is 7.20. The second-order valence-electron chi connectivity index (χ2n) is 7.89. The zero-order chi connectivity index (χ0) is 24.6. The Morgan fingerprint density at radius 2 is 1.74 bits per heavy atom. The summed E-state index contributed by atoms with van der Waals surface area (Å²) in [5.41, 5.74) is 3.29. The normalized spacial score (nSPS) is 11.0. The summed E-state index contributed by atoms with van der Waals surface area (Å²) in [5.74, 6) is -0.753. The van der Waals surface area contributed by atoms with Crippen molar-refractivity contribution in [2.75, 3.05) is 10.6 Å². The molecule has 0 aliphatic heterocycles. The van der Waals surface area contributed by atoms with Crippen LogP contribution in [0.4, 0.5) is 11.4 Å². The number of aromatic nitrogens is 2. The first-order valence-electron chi connectivity index (χ1n) is 10.3. The summed E-state index contributed by atoms with van der Waals surface area (Å²) < 4.78 is 1.20. The lowest BCUT2D eigenvalue weighted by molar-refractivity contribution is -0.116. The van der Waals surface area contributed by atoms with Crippen LogP contribution < -0.4 is 16.2 Å². The van der Waals surface area contributed by atoms with Crippen LogP contribution in [-0.4, -0.2) is 21.4 Å². The molecule has 2 aromatic heterocycles. The van der Waals surface area contributed by atoms with E-state index in [1.807, 2.05) is 32.0 Å². The molecule has 0 bridgehead atoms. The highest BCUT2D eigenvalue weighted by atomic mass is 35.5. The molecular weight excluding hydrogens is 495 g/mol. The molecule has 2 aromatic carbocycles. The van der Waals surface area contributed by atoms with Crippen molar-refractivity contribution in [3.05, 3.63) is 84.7 Å². The van der Waals surface area contributed by atoms with Crippen LogP contribution in [0.15, 0.2) is 47.5 Å². The van der Waals surface area contributed by atoms with Crippen LogP contribution >= 0.6 is 34.5 Å². The fourth-order valence-electron chi connectivity index (χ4n) is 3.60. The SMILES string of the molecule is Cc1ccc(NC(=O)c2sc3ncn(CC(=O)Nc4cc(Cl)cc(Cl)c4)c(=O)c3c2C)c(C)c1. The standard InChI is InChI=1S/C24H20Cl2N4O3S/c1-12-4-5-18(13(2)6-12)29-22(32)21-14(3)20-23(34-21)27-11-30(24(20)33)10-19(31)28-17-8-15(25)7-16(26)9-17/h4-9,11H,10H2,1-3H3,(H,28,31)(H,29,32). The molecule has 0 spiro atoms. The van der Waals surface area contributed by atoms with Gasteiger partial charge in [0.1, 0.15) is 11.4 Å². The second-order valence-corrected chi connectivity index (χ2v) is 9.76. The van der Waals surface area contributed by atoms with Crippen LogP contribution in [0, 0.1) is 20.8 Å². The van der Waals surface area contributed by atoms with Gasteiger partial charge in [0.2, 0.25) is 5.91 Å². The molecule has 0 aliphatic carbocycles. The van der Waals surface area contributed by atoms with Crippen LogP contribution in [0.2, 0.25) is 10.0 Å². The maximum Gasteiger partial charge on any atom is 0.266 e. The first-order valence-corrected chi connectivity index (χ1v) is 11.8. The zero-order valence-electron chi connectivity index (χ0n) is 18.5. The average Bonchev–Trinajstić information content (AvgIpc) is 3.08. The number of anilines is 2. The predicted molar refractivity (Wildman–Crippen MR) is 138 cm³/mol. The van der Waals surface area contributed by atoms with Gasteiger partial charge in [-0.2, -0.15) is 0 Å². The smallest absolute Gasteiger partial charge is 0.266 e. The molecule has 4 aromatic rings. The number of nitrogens with zero attached hydrogens (tertiary/aromatic N) is 2. The number of halogens is 2. The van der Waals surface area contributed by atoms with E-state index in [1.165, 1.54) is 10.9 Å². The summed E-state index contributed by atoms with van der Waals surface area (Å²) in [6, 6.07) is 10.4. The fraction of sp³-hybridized carbons (Fsp3) is 0.167. The van der Waals surface area contributed by atoms with E-state index in [1.54, 1.807) is 25.1 Å². The number of nitrogens with one attached hydrogen (secondary N) is 2. The lowest BCUT2D eigenvalue weighted by Gasteiger charge is -2.09. The number of carbonyl (C=O) groups excluding carboxylic acids is 2. The van der Waals surface area contributed by atoms with Gasteiger partial charge in [-0.25, -0.2) is 4.98 Å². The van der Waals surface area contributed by atoms with E-state index < -0.39 is 11.5 Å². The number of hydrogen-bond acceptors (Lipinski definition) is 5. The van der Waals surface area contributed by atoms with Crippen molar-refractivity contribution in [3.63, 3.8) is 0 Å². The van der Waals surface area contributed by atoms with Crippen LogP contribution in [0.5, 0.6) is 0 Å². The average molecular weight is 515 g/mol. The number of hydrogen-bond donors (Lipinski definition) is 2. The van der Waals surface area contributed by atoms with Crippen molar-refractivity contribution in [2.45, 2.75) is 27.3 Å². The molecule has 34 heavy (non-hydrogen) atoms. The maximum atomic E-state index is 13.1. The van der Waals surface area contributed by atoms with Gasteiger partial charge in [-0.3, -0.25) is 19.0 Å². The van der Waals surface area contributed by atoms with Crippen molar-refractivity contribution in [3.8, 4) is 0 Å². The van der Waals surface area contributed by atoms with E-state index in [0.717, 1.165) is 22.5 Å². The molecule has 10 heteroatoms. The predicted octanol–water partition coefficient (Wildman–Crippen LogP) is 5.58. The summed E-state index contributed by atoms with van der Waals surface area (Å²) in [7, 11) is 0. The molecule has 0 saturated carbocycles. The minimum Gasteiger partial charge on any atom is -0.324 e. The summed E-state index contributed by atoms with van der Waals surface area (Å²) in [5, 5.41) is 6.65. The summed E-state index contributed by atoms with van der Waals surface area (Å²) in [6.45, 7) is 5.35. The van der Waals surface area contributed by atoms with E-state index in [4.69, 9.17) is 23.2 Å². The molecule has 4 rings (SSSR count). The zero-order valence-corrected chi connectivity index (χ0v) is 20.9. The topological polar surface area (TPSA) is 93.1 Å². The largest absolute Gasteiger partial charge is 0.324 e. The molecule has 2 heterocycles. The fourth-order valence-corrected chi connectivity index (χ4v) is 5.16. The van der Waals surface area contributed by atoms with Gasteiger partial charge in [-0.1, -0.05) is 40.9 Å². The number of rotatable bonds is 5. The highest BCUT2D eigenvalue weighted by Crippen LogP contribution is 2.28. The van der Waals surface area contributed by atoms with E-state index in [-0.39, 0.29) is 12.5 Å². The molecule has 174 valence electrons. The Kier molecular flexibility index (Phi) is 6.74. The number of carbonyl (C=O) groups is 2. The van der Waals surface area contributed by atoms with Gasteiger partial charge in [0.05, 0.1) is 16.6 Å². The van der Waals surface area contributed by atoms with E-state index >= 15 is 0 Å². The number of benzene rings is 2. The first-order chi connectivity index (χ1) is 16.1. The first kappa shape index (κ1) is 23.9. The van der Waals surface area contributed by atoms with Crippen molar-refractivity contribution in [1.82, 2.24) is 9.55 Å². The lowest BCUT2D eigenvalue weighted by Crippen LogP contribution is -2.28. The molecule has 7 nitrogen and oxygen atoms in total. The van der Waals surface area contributed by atoms with Gasteiger partial charge in [-0.15, -0.1) is 11.3 Å². The monoisotopic (exact) mass is 514 g/mol. The third-order valence-corrected chi connectivity index (χ3v) is 6.85. The molecule has 0 saturated heterocycles. The van der Waals surface area contributed by atoms with E-state index in [9.17, 15) is 14.4 Å². The maximum absolute atomic E-state index is 13.1. The minimum absolute atomic E-state index is 0.259. The molecule has 2 N–H and O–H groups in total. The minimum atomic E-state index is -0.442. The van der Waals surface area contributed by atoms with E-state index in [0.29, 0.717) is 42.1 Å².